The van der Waals surface area contributed by atoms with Crippen LogP contribution < -0.4 is 17.0 Å². The van der Waals surface area contributed by atoms with E-state index in [0.717, 1.165) is 15.3 Å². The first kappa shape index (κ1) is 20.2. The molecule has 0 bridgehead atoms. The Labute approximate surface area is 172 Å². The van der Waals surface area contributed by atoms with E-state index in [9.17, 15) is 23.9 Å². The van der Waals surface area contributed by atoms with Crippen molar-refractivity contribution in [3.05, 3.63) is 80.2 Å². The Morgan fingerprint density at radius 3 is 2.84 bits per heavy atom. The molecule has 3 N–H and O–H groups in total. The number of furan rings is 1. The number of hydrogen-bond acceptors (Lipinski definition) is 8. The molecule has 0 saturated carbocycles. The molecule has 1 aromatic carbocycles. The second-order valence-corrected chi connectivity index (χ2v) is 6.84. The zero-order valence-electron chi connectivity index (χ0n) is 16.1. The van der Waals surface area contributed by atoms with Crippen LogP contribution in [0, 0.1) is 5.82 Å². The molecule has 1 atom stereocenters. The number of aromatic nitrogens is 4. The van der Waals surface area contributed by atoms with Gasteiger partial charge in [-0.25, -0.2) is 9.18 Å². The summed E-state index contributed by atoms with van der Waals surface area (Å²) in [5.41, 5.74) is 3.71. The number of amides is 1. The minimum Gasteiger partial charge on any atom is -0.458 e. The molecule has 0 spiro atoms. The molecule has 1 amide bonds. The number of aliphatic hydroxyl groups excluding tert-OH is 1. The number of carbonyl (C=O) groups is 1. The Morgan fingerprint density at radius 2 is 2.10 bits per heavy atom. The minimum atomic E-state index is -1.12. The van der Waals surface area contributed by atoms with Gasteiger partial charge in [0.1, 0.15) is 35.4 Å². The van der Waals surface area contributed by atoms with Crippen molar-refractivity contribution in [2.75, 3.05) is 0 Å². The number of hydrogen-bond donors (Lipinski definition) is 2. The largest absolute Gasteiger partial charge is 0.458 e. The SMILES string of the molecule is Cn1c(=O)c(C(N)=O)cn(Cc2nc(C[C@H](O)c3cc4cc(F)ccc4o3)no2)c1=O. The van der Waals surface area contributed by atoms with Crippen LogP contribution in [0.2, 0.25) is 0 Å². The maximum absolute atomic E-state index is 13.3. The fourth-order valence-corrected chi connectivity index (χ4v) is 3.06. The Bertz CT molecular complexity index is 1420. The van der Waals surface area contributed by atoms with Gasteiger partial charge in [0.25, 0.3) is 11.5 Å². The van der Waals surface area contributed by atoms with Gasteiger partial charge in [0.05, 0.1) is 0 Å². The highest BCUT2D eigenvalue weighted by atomic mass is 19.1. The lowest BCUT2D eigenvalue weighted by Crippen LogP contribution is -2.41. The first-order valence-electron chi connectivity index (χ1n) is 9.01. The van der Waals surface area contributed by atoms with Crippen LogP contribution in [-0.4, -0.2) is 30.3 Å². The number of primary amides is 1. The summed E-state index contributed by atoms with van der Waals surface area (Å²) in [6, 6.07) is 5.50. The topological polar surface area (TPSA) is 159 Å². The van der Waals surface area contributed by atoms with E-state index >= 15 is 0 Å². The lowest BCUT2D eigenvalue weighted by Gasteiger charge is -2.06. The normalized spacial score (nSPS) is 12.4. The predicted octanol–water partition coefficient (Wildman–Crippen LogP) is 0.239. The molecule has 3 heterocycles. The van der Waals surface area contributed by atoms with Gasteiger partial charge in [-0.05, 0) is 24.3 Å². The van der Waals surface area contributed by atoms with E-state index in [-0.39, 0.29) is 36.0 Å². The molecule has 4 rings (SSSR count). The van der Waals surface area contributed by atoms with Gasteiger partial charge < -0.3 is 19.8 Å². The number of aliphatic hydroxyl groups is 1. The summed E-state index contributed by atoms with van der Waals surface area (Å²) < 4.78 is 25.7. The van der Waals surface area contributed by atoms with Crippen molar-refractivity contribution in [3.8, 4) is 0 Å². The lowest BCUT2D eigenvalue weighted by molar-refractivity contribution is 0.0997. The van der Waals surface area contributed by atoms with E-state index in [0.29, 0.717) is 11.0 Å². The molecular weight excluding hydrogens is 413 g/mol. The van der Waals surface area contributed by atoms with Gasteiger partial charge in [0.15, 0.2) is 5.82 Å². The molecule has 0 aliphatic carbocycles. The Hall–Kier alpha value is -4.06. The summed E-state index contributed by atoms with van der Waals surface area (Å²) in [6.07, 6.45) is -0.164. The third-order valence-corrected chi connectivity index (χ3v) is 4.64. The number of fused-ring (bicyclic) bond motifs is 1. The number of halogens is 1. The zero-order chi connectivity index (χ0) is 22.3. The van der Waals surface area contributed by atoms with Crippen molar-refractivity contribution in [3.63, 3.8) is 0 Å². The monoisotopic (exact) mass is 429 g/mol. The number of nitrogens with zero attached hydrogens (tertiary/aromatic N) is 4. The van der Waals surface area contributed by atoms with Crippen LogP contribution in [-0.2, 0) is 20.0 Å². The van der Waals surface area contributed by atoms with Crippen LogP contribution in [0.1, 0.15) is 33.9 Å². The van der Waals surface area contributed by atoms with Crippen molar-refractivity contribution in [1.29, 1.82) is 0 Å². The number of nitrogens with two attached hydrogens (primary N) is 1. The molecule has 3 aromatic heterocycles. The van der Waals surface area contributed by atoms with Crippen LogP contribution in [0.5, 0.6) is 0 Å². The van der Waals surface area contributed by atoms with E-state index in [1.165, 1.54) is 31.3 Å². The van der Waals surface area contributed by atoms with Gasteiger partial charge in [-0.2, -0.15) is 4.98 Å². The molecule has 0 radical (unpaired) electrons. The molecule has 0 aliphatic rings. The molecule has 0 aliphatic heterocycles. The highest BCUT2D eigenvalue weighted by molar-refractivity contribution is 5.92. The molecule has 0 fully saturated rings. The van der Waals surface area contributed by atoms with E-state index in [1.54, 1.807) is 0 Å². The van der Waals surface area contributed by atoms with Crippen molar-refractivity contribution in [2.24, 2.45) is 12.8 Å². The van der Waals surface area contributed by atoms with Gasteiger partial charge in [0.2, 0.25) is 5.89 Å². The molecular formula is C19H16FN5O6. The summed E-state index contributed by atoms with van der Waals surface area (Å²) in [5, 5.41) is 14.6. The van der Waals surface area contributed by atoms with Crippen LogP contribution in [0.3, 0.4) is 0 Å². The van der Waals surface area contributed by atoms with Crippen molar-refractivity contribution < 1.29 is 23.2 Å². The van der Waals surface area contributed by atoms with Crippen LogP contribution in [0.15, 0.2) is 49.0 Å². The van der Waals surface area contributed by atoms with Crippen molar-refractivity contribution in [2.45, 2.75) is 19.1 Å². The van der Waals surface area contributed by atoms with Crippen LogP contribution in [0.4, 0.5) is 4.39 Å². The lowest BCUT2D eigenvalue weighted by atomic mass is 10.2. The average molecular weight is 429 g/mol. The van der Waals surface area contributed by atoms with E-state index in [2.05, 4.69) is 10.1 Å². The molecule has 0 unspecified atom stereocenters. The molecule has 12 heteroatoms. The maximum Gasteiger partial charge on any atom is 0.331 e. The van der Waals surface area contributed by atoms with Gasteiger partial charge in [-0.1, -0.05) is 5.16 Å². The standard InChI is InChI=1S/C19H16FN5O6/c1-24-18(28)11(17(21)27)7-25(19(24)29)8-16-22-15(23-31-16)6-12(26)14-5-9-4-10(20)2-3-13(9)30-14/h2-5,7,12,26H,6,8H2,1H3,(H2,21,27)/t12-/m0/s1. The highest BCUT2D eigenvalue weighted by Crippen LogP contribution is 2.26. The Kier molecular flexibility index (Phi) is 4.99. The van der Waals surface area contributed by atoms with Gasteiger partial charge in [-0.3, -0.25) is 18.7 Å². The third-order valence-electron chi connectivity index (χ3n) is 4.64. The van der Waals surface area contributed by atoms with E-state index in [1.807, 2.05) is 0 Å². The third kappa shape index (κ3) is 3.88. The van der Waals surface area contributed by atoms with E-state index in [4.69, 9.17) is 14.7 Å². The smallest absolute Gasteiger partial charge is 0.331 e. The van der Waals surface area contributed by atoms with Gasteiger partial charge in [0, 0.05) is 25.1 Å². The fourth-order valence-electron chi connectivity index (χ4n) is 3.06. The Morgan fingerprint density at radius 1 is 1.32 bits per heavy atom. The van der Waals surface area contributed by atoms with Crippen LogP contribution in [0.25, 0.3) is 11.0 Å². The van der Waals surface area contributed by atoms with Crippen molar-refractivity contribution >= 4 is 16.9 Å². The average Bonchev–Trinajstić information content (AvgIpc) is 3.34. The molecule has 160 valence electrons. The summed E-state index contributed by atoms with van der Waals surface area (Å²) in [5.74, 6) is -1.07. The Balaban J connectivity index is 1.54. The highest BCUT2D eigenvalue weighted by Gasteiger charge is 2.19. The molecule has 0 saturated heterocycles. The summed E-state index contributed by atoms with van der Waals surface area (Å²) in [7, 11) is 1.21. The van der Waals surface area contributed by atoms with Crippen LogP contribution >= 0.6 is 0 Å². The molecule has 11 nitrogen and oxygen atoms in total. The molecule has 31 heavy (non-hydrogen) atoms. The number of benzene rings is 1. The van der Waals surface area contributed by atoms with Gasteiger partial charge >= 0.3 is 5.69 Å². The summed E-state index contributed by atoms with van der Waals surface area (Å²) >= 11 is 0. The number of carbonyl (C=O) groups excluding carboxylic acids is 1. The minimum absolute atomic E-state index is 0.00467. The fraction of sp³-hybridized carbons (Fsp3) is 0.211. The van der Waals surface area contributed by atoms with Crippen molar-refractivity contribution in [1.82, 2.24) is 19.3 Å². The first-order valence-corrected chi connectivity index (χ1v) is 9.01. The summed E-state index contributed by atoms with van der Waals surface area (Å²) in [4.78, 5) is 39.7. The first-order chi connectivity index (χ1) is 14.7. The quantitative estimate of drug-likeness (QED) is 0.441. The maximum atomic E-state index is 13.3. The number of rotatable bonds is 6. The predicted molar refractivity (Wildman–Crippen MR) is 103 cm³/mol. The zero-order valence-corrected chi connectivity index (χ0v) is 16.1. The summed E-state index contributed by atoms with van der Waals surface area (Å²) in [6.45, 7) is -0.222. The second kappa shape index (κ2) is 7.65. The second-order valence-electron chi connectivity index (χ2n) is 6.84. The van der Waals surface area contributed by atoms with E-state index < -0.39 is 29.1 Å². The molecule has 4 aromatic rings. The van der Waals surface area contributed by atoms with Gasteiger partial charge in [-0.15, -0.1) is 0 Å².